The molecule has 0 aromatic carbocycles. The predicted molar refractivity (Wildman–Crippen MR) is 66.5 cm³/mol. The van der Waals surface area contributed by atoms with Crippen LogP contribution < -0.4 is 11.1 Å². The number of carbonyl (C=O) groups is 1. The van der Waals surface area contributed by atoms with Crippen LogP contribution in [0.4, 0.5) is 0 Å². The minimum atomic E-state index is -0.153. The fourth-order valence-electron chi connectivity index (χ4n) is 2.82. The third kappa shape index (κ3) is 2.99. The topological polar surface area (TPSA) is 64.3 Å². The molecule has 1 heterocycles. The Kier molecular flexibility index (Phi) is 3.73. The lowest BCUT2D eigenvalue weighted by atomic mass is 9.78. The second kappa shape index (κ2) is 4.94. The van der Waals surface area contributed by atoms with E-state index in [0.29, 0.717) is 12.5 Å². The highest BCUT2D eigenvalue weighted by atomic mass is 16.5. The van der Waals surface area contributed by atoms with Crippen LogP contribution >= 0.6 is 0 Å². The third-order valence-electron chi connectivity index (χ3n) is 4.25. The highest BCUT2D eigenvalue weighted by molar-refractivity contribution is 5.79. The quantitative estimate of drug-likeness (QED) is 0.758. The van der Waals surface area contributed by atoms with Crippen molar-refractivity contribution in [2.75, 3.05) is 13.2 Å². The van der Waals surface area contributed by atoms with Crippen LogP contribution in [0.2, 0.25) is 0 Å². The minimum absolute atomic E-state index is 0.141. The summed E-state index contributed by atoms with van der Waals surface area (Å²) in [6.45, 7) is 5.60. The van der Waals surface area contributed by atoms with Crippen LogP contribution in [0.25, 0.3) is 0 Å². The van der Waals surface area contributed by atoms with Crippen molar-refractivity contribution in [2.24, 2.45) is 17.6 Å². The van der Waals surface area contributed by atoms with Gasteiger partial charge < -0.3 is 15.8 Å². The summed E-state index contributed by atoms with van der Waals surface area (Å²) in [5.74, 6) is 0.783. The molecule has 3 N–H and O–H groups in total. The second-order valence-corrected chi connectivity index (χ2v) is 6.00. The Labute approximate surface area is 103 Å². The van der Waals surface area contributed by atoms with Gasteiger partial charge in [0.2, 0.25) is 5.91 Å². The molecular weight excluding hydrogens is 216 g/mol. The number of hydrogen-bond acceptors (Lipinski definition) is 3. The number of hydrogen-bond donors (Lipinski definition) is 2. The molecular formula is C13H24N2O2. The van der Waals surface area contributed by atoms with E-state index in [1.165, 1.54) is 0 Å². The molecule has 0 aromatic heterocycles. The highest BCUT2D eigenvalue weighted by Gasteiger charge is 2.35. The van der Waals surface area contributed by atoms with E-state index in [1.54, 1.807) is 0 Å². The average Bonchev–Trinajstić information content (AvgIpc) is 2.69. The Morgan fingerprint density at radius 1 is 1.47 bits per heavy atom. The van der Waals surface area contributed by atoms with Gasteiger partial charge in [-0.05, 0) is 38.5 Å². The predicted octanol–water partition coefficient (Wildman–Crippen LogP) is 1.05. The number of ether oxygens (including phenoxy) is 1. The Morgan fingerprint density at radius 2 is 2.24 bits per heavy atom. The maximum Gasteiger partial charge on any atom is 0.223 e. The summed E-state index contributed by atoms with van der Waals surface area (Å²) in [5, 5.41) is 3.16. The van der Waals surface area contributed by atoms with Gasteiger partial charge in [-0.2, -0.15) is 0 Å². The van der Waals surface area contributed by atoms with E-state index in [2.05, 4.69) is 19.2 Å². The molecule has 4 unspecified atom stereocenters. The lowest BCUT2D eigenvalue weighted by Crippen LogP contribution is -2.50. The van der Waals surface area contributed by atoms with Crippen LogP contribution in [0.15, 0.2) is 0 Å². The first kappa shape index (κ1) is 12.8. The van der Waals surface area contributed by atoms with Gasteiger partial charge in [0.15, 0.2) is 0 Å². The van der Waals surface area contributed by atoms with E-state index in [4.69, 9.17) is 10.5 Å². The van der Waals surface area contributed by atoms with Gasteiger partial charge in [-0.1, -0.05) is 6.92 Å². The summed E-state index contributed by atoms with van der Waals surface area (Å²) in [6.07, 6.45) is 3.73. The van der Waals surface area contributed by atoms with E-state index in [1.807, 2.05) is 0 Å². The Bertz CT molecular complexity index is 287. The van der Waals surface area contributed by atoms with Crippen molar-refractivity contribution in [1.29, 1.82) is 0 Å². The fourth-order valence-corrected chi connectivity index (χ4v) is 2.82. The molecule has 2 aliphatic rings. The van der Waals surface area contributed by atoms with Gasteiger partial charge in [0.1, 0.15) is 0 Å². The number of rotatable bonds is 2. The van der Waals surface area contributed by atoms with E-state index >= 15 is 0 Å². The monoisotopic (exact) mass is 240 g/mol. The van der Waals surface area contributed by atoms with Gasteiger partial charge in [0, 0.05) is 18.6 Å². The van der Waals surface area contributed by atoms with Gasteiger partial charge in [0.05, 0.1) is 12.1 Å². The minimum Gasteiger partial charge on any atom is -0.379 e. The van der Waals surface area contributed by atoms with Crippen molar-refractivity contribution in [3.8, 4) is 0 Å². The number of nitrogens with two attached hydrogens (primary N) is 1. The third-order valence-corrected chi connectivity index (χ3v) is 4.25. The number of amides is 1. The van der Waals surface area contributed by atoms with Crippen molar-refractivity contribution in [3.05, 3.63) is 0 Å². The van der Waals surface area contributed by atoms with Crippen LogP contribution in [-0.4, -0.2) is 30.7 Å². The van der Waals surface area contributed by atoms with Crippen molar-refractivity contribution in [1.82, 2.24) is 5.32 Å². The lowest BCUT2D eigenvalue weighted by molar-refractivity contribution is -0.128. The van der Waals surface area contributed by atoms with E-state index < -0.39 is 0 Å². The highest BCUT2D eigenvalue weighted by Crippen LogP contribution is 2.29. The van der Waals surface area contributed by atoms with E-state index in [-0.39, 0.29) is 23.4 Å². The van der Waals surface area contributed by atoms with E-state index in [0.717, 1.165) is 32.3 Å². The molecule has 17 heavy (non-hydrogen) atoms. The summed E-state index contributed by atoms with van der Waals surface area (Å²) in [4.78, 5) is 12.2. The molecule has 4 heteroatoms. The smallest absolute Gasteiger partial charge is 0.223 e. The molecule has 4 nitrogen and oxygen atoms in total. The zero-order valence-corrected chi connectivity index (χ0v) is 10.9. The first-order chi connectivity index (χ1) is 8.00. The Morgan fingerprint density at radius 3 is 2.82 bits per heavy atom. The van der Waals surface area contributed by atoms with Crippen LogP contribution in [0, 0.1) is 11.8 Å². The molecule has 0 radical (unpaired) electrons. The van der Waals surface area contributed by atoms with Crippen LogP contribution in [-0.2, 0) is 9.53 Å². The molecule has 0 bridgehead atoms. The SMILES string of the molecule is CC1CC(C(=O)NC2(C)CCOC2)CCC1N. The summed E-state index contributed by atoms with van der Waals surface area (Å²) in [6, 6.07) is 0.268. The molecule has 1 amide bonds. The summed E-state index contributed by atoms with van der Waals surface area (Å²) < 4.78 is 5.35. The maximum absolute atomic E-state index is 12.2. The zero-order valence-electron chi connectivity index (χ0n) is 10.9. The van der Waals surface area contributed by atoms with Gasteiger partial charge in [-0.15, -0.1) is 0 Å². The molecule has 1 saturated heterocycles. The molecule has 1 aliphatic heterocycles. The van der Waals surface area contributed by atoms with Gasteiger partial charge in [-0.25, -0.2) is 0 Å². The second-order valence-electron chi connectivity index (χ2n) is 6.00. The van der Waals surface area contributed by atoms with Crippen molar-refractivity contribution in [2.45, 2.75) is 51.1 Å². The molecule has 2 fully saturated rings. The van der Waals surface area contributed by atoms with Crippen molar-refractivity contribution < 1.29 is 9.53 Å². The van der Waals surface area contributed by atoms with Crippen LogP contribution in [0.5, 0.6) is 0 Å². The average molecular weight is 240 g/mol. The lowest BCUT2D eigenvalue weighted by Gasteiger charge is -2.33. The van der Waals surface area contributed by atoms with Crippen molar-refractivity contribution >= 4 is 5.91 Å². The molecule has 2 rings (SSSR count). The Hall–Kier alpha value is -0.610. The summed E-state index contributed by atoms with van der Waals surface area (Å²) >= 11 is 0. The summed E-state index contributed by atoms with van der Waals surface area (Å²) in [5.41, 5.74) is 5.83. The number of nitrogens with one attached hydrogen (secondary N) is 1. The first-order valence-corrected chi connectivity index (χ1v) is 6.65. The van der Waals surface area contributed by atoms with Crippen molar-refractivity contribution in [3.63, 3.8) is 0 Å². The molecule has 0 spiro atoms. The van der Waals surface area contributed by atoms with Gasteiger partial charge in [-0.3, -0.25) is 4.79 Å². The largest absolute Gasteiger partial charge is 0.379 e. The molecule has 1 saturated carbocycles. The first-order valence-electron chi connectivity index (χ1n) is 6.65. The van der Waals surface area contributed by atoms with Gasteiger partial charge >= 0.3 is 0 Å². The molecule has 0 aromatic rings. The zero-order chi connectivity index (χ0) is 12.5. The normalized spacial score (nSPS) is 42.4. The van der Waals surface area contributed by atoms with Crippen LogP contribution in [0.1, 0.15) is 39.5 Å². The van der Waals surface area contributed by atoms with Crippen LogP contribution in [0.3, 0.4) is 0 Å². The molecule has 4 atom stereocenters. The molecule has 1 aliphatic carbocycles. The number of carbonyl (C=O) groups excluding carboxylic acids is 1. The standard InChI is InChI=1S/C13H24N2O2/c1-9-7-10(3-4-11(9)14)12(16)15-13(2)5-6-17-8-13/h9-11H,3-8,14H2,1-2H3,(H,15,16). The Balaban J connectivity index is 1.88. The van der Waals surface area contributed by atoms with Gasteiger partial charge in [0.25, 0.3) is 0 Å². The summed E-state index contributed by atoms with van der Waals surface area (Å²) in [7, 11) is 0. The molecule has 98 valence electrons. The fraction of sp³-hybridized carbons (Fsp3) is 0.923. The maximum atomic E-state index is 12.2. The van der Waals surface area contributed by atoms with E-state index in [9.17, 15) is 4.79 Å².